The number of benzene rings is 1. The Bertz CT molecular complexity index is 706. The molecule has 0 radical (unpaired) electrons. The van der Waals surface area contributed by atoms with Crippen LogP contribution in [0.2, 0.25) is 5.02 Å². The molecule has 2 saturated heterocycles. The second-order valence-corrected chi connectivity index (χ2v) is 7.48. The maximum atomic E-state index is 12.6. The van der Waals surface area contributed by atoms with Gasteiger partial charge in [0.2, 0.25) is 0 Å². The quantitative estimate of drug-likeness (QED) is 0.770. The number of ether oxygens (including phenoxy) is 1. The molecule has 2 aliphatic rings. The van der Waals surface area contributed by atoms with Gasteiger partial charge in [-0.1, -0.05) is 23.7 Å². The van der Waals surface area contributed by atoms with Crippen molar-refractivity contribution in [1.29, 1.82) is 0 Å². The van der Waals surface area contributed by atoms with E-state index in [9.17, 15) is 22.8 Å². The van der Waals surface area contributed by atoms with Crippen LogP contribution >= 0.6 is 11.6 Å². The third-order valence-electron chi connectivity index (χ3n) is 5.01. The van der Waals surface area contributed by atoms with Gasteiger partial charge < -0.3 is 15.4 Å². The molecule has 6 nitrogen and oxygen atoms in total. The minimum atomic E-state index is -4.23. The van der Waals surface area contributed by atoms with E-state index in [-0.39, 0.29) is 12.5 Å². The van der Waals surface area contributed by atoms with Crippen molar-refractivity contribution in [2.24, 2.45) is 5.92 Å². The number of halogens is 4. The van der Waals surface area contributed by atoms with Crippen LogP contribution in [0.4, 0.5) is 18.0 Å². The fourth-order valence-corrected chi connectivity index (χ4v) is 3.75. The van der Waals surface area contributed by atoms with Crippen LogP contribution in [0.25, 0.3) is 0 Å². The number of alkyl carbamates (subject to hydrolysis) is 1. The zero-order valence-corrected chi connectivity index (χ0v) is 15.7. The van der Waals surface area contributed by atoms with Crippen LogP contribution in [0.1, 0.15) is 24.4 Å². The smallest absolute Gasteiger partial charge is 0.408 e. The number of hydrogen-bond acceptors (Lipinski definition) is 4. The SMILES string of the molecule is O=C1NC[C@@H](C(=O)N[C@@H](c2ccc(Cl)cc2)C2CCN(CC(F)(F)F)CC2)O1. The van der Waals surface area contributed by atoms with Gasteiger partial charge in [0.1, 0.15) is 0 Å². The fraction of sp³-hybridized carbons (Fsp3) is 0.556. The second kappa shape index (κ2) is 8.57. The van der Waals surface area contributed by atoms with E-state index in [1.54, 1.807) is 24.3 Å². The van der Waals surface area contributed by atoms with Crippen LogP contribution in [-0.2, 0) is 9.53 Å². The second-order valence-electron chi connectivity index (χ2n) is 7.04. The molecule has 0 saturated carbocycles. The molecule has 154 valence electrons. The summed E-state index contributed by atoms with van der Waals surface area (Å²) in [5, 5.41) is 5.88. The van der Waals surface area contributed by atoms with E-state index in [4.69, 9.17) is 16.3 Å². The van der Waals surface area contributed by atoms with Crippen molar-refractivity contribution in [1.82, 2.24) is 15.5 Å². The first kappa shape index (κ1) is 20.7. The first-order valence-electron chi connectivity index (χ1n) is 9.01. The van der Waals surface area contributed by atoms with E-state index in [0.29, 0.717) is 31.0 Å². The molecule has 28 heavy (non-hydrogen) atoms. The molecule has 0 unspecified atom stereocenters. The number of nitrogens with zero attached hydrogens (tertiary/aromatic N) is 1. The largest absolute Gasteiger partial charge is 0.434 e. The van der Waals surface area contributed by atoms with Gasteiger partial charge in [0, 0.05) is 5.02 Å². The van der Waals surface area contributed by atoms with Crippen molar-refractivity contribution >= 4 is 23.6 Å². The van der Waals surface area contributed by atoms with Crippen LogP contribution in [0.15, 0.2) is 24.3 Å². The van der Waals surface area contributed by atoms with Crippen LogP contribution in [-0.4, -0.2) is 55.4 Å². The van der Waals surface area contributed by atoms with Crippen molar-refractivity contribution in [2.45, 2.75) is 31.2 Å². The molecule has 2 aliphatic heterocycles. The summed E-state index contributed by atoms with van der Waals surface area (Å²) >= 11 is 5.94. The number of likely N-dealkylation sites (tertiary alicyclic amines) is 1. The number of piperidine rings is 1. The van der Waals surface area contributed by atoms with Gasteiger partial charge in [-0.3, -0.25) is 9.69 Å². The first-order chi connectivity index (χ1) is 13.2. The average Bonchev–Trinajstić information content (AvgIpc) is 3.06. The van der Waals surface area contributed by atoms with Gasteiger partial charge in [0.15, 0.2) is 6.10 Å². The minimum absolute atomic E-state index is 0.0420. The number of hydrogen-bond donors (Lipinski definition) is 2. The Labute approximate surface area is 165 Å². The molecule has 2 N–H and O–H groups in total. The summed E-state index contributed by atoms with van der Waals surface area (Å²) in [7, 11) is 0. The van der Waals surface area contributed by atoms with Crippen LogP contribution < -0.4 is 10.6 Å². The summed E-state index contributed by atoms with van der Waals surface area (Å²) in [6, 6.07) is 6.57. The molecule has 1 aromatic carbocycles. The number of carbonyl (C=O) groups excluding carboxylic acids is 2. The van der Waals surface area contributed by atoms with E-state index in [2.05, 4.69) is 10.6 Å². The van der Waals surface area contributed by atoms with Crippen LogP contribution in [0.3, 0.4) is 0 Å². The Morgan fingerprint density at radius 1 is 1.29 bits per heavy atom. The molecular weight excluding hydrogens is 399 g/mol. The standard InChI is InChI=1S/C18H21ClF3N3O3/c19-13-3-1-11(2-4-13)15(24-16(26)14-9-23-17(27)28-14)12-5-7-25(8-6-12)10-18(20,21)22/h1-4,12,14-15H,5-10H2,(H,23,27)(H,24,26)/t14-,15-/m0/s1. The number of alkyl halides is 3. The van der Waals surface area contributed by atoms with Crippen molar-refractivity contribution in [3.05, 3.63) is 34.9 Å². The predicted molar refractivity (Wildman–Crippen MR) is 95.8 cm³/mol. The van der Waals surface area contributed by atoms with Gasteiger partial charge >= 0.3 is 12.3 Å². The maximum Gasteiger partial charge on any atom is 0.408 e. The summed E-state index contributed by atoms with van der Waals surface area (Å²) in [5.41, 5.74) is 0.810. The van der Waals surface area contributed by atoms with E-state index < -0.39 is 36.9 Å². The monoisotopic (exact) mass is 419 g/mol. The molecule has 2 fully saturated rings. The summed E-state index contributed by atoms with van der Waals surface area (Å²) < 4.78 is 42.8. The van der Waals surface area contributed by atoms with Gasteiger partial charge in [-0.25, -0.2) is 4.79 Å². The molecule has 0 spiro atoms. The third kappa shape index (κ3) is 5.51. The Morgan fingerprint density at radius 2 is 1.93 bits per heavy atom. The number of carbonyl (C=O) groups is 2. The number of amides is 2. The summed E-state index contributed by atoms with van der Waals surface area (Å²) in [6.45, 7) is -0.252. The average molecular weight is 420 g/mol. The first-order valence-corrected chi connectivity index (χ1v) is 9.38. The van der Waals surface area contributed by atoms with Crippen molar-refractivity contribution in [2.75, 3.05) is 26.2 Å². The van der Waals surface area contributed by atoms with Gasteiger partial charge in [-0.2, -0.15) is 13.2 Å². The molecule has 1 aromatic rings. The van der Waals surface area contributed by atoms with Gasteiger partial charge in [-0.05, 0) is 49.5 Å². The van der Waals surface area contributed by atoms with Gasteiger partial charge in [0.25, 0.3) is 5.91 Å². The van der Waals surface area contributed by atoms with Crippen molar-refractivity contribution < 1.29 is 27.5 Å². The lowest BCUT2D eigenvalue weighted by atomic mass is 9.85. The lowest BCUT2D eigenvalue weighted by Gasteiger charge is -2.37. The normalized spacial score (nSPS) is 22.4. The topological polar surface area (TPSA) is 70.7 Å². The Balaban J connectivity index is 1.69. The molecule has 2 heterocycles. The van der Waals surface area contributed by atoms with E-state index in [1.807, 2.05) is 0 Å². The number of nitrogens with one attached hydrogen (secondary N) is 2. The molecule has 3 rings (SSSR count). The highest BCUT2D eigenvalue weighted by molar-refractivity contribution is 6.30. The van der Waals surface area contributed by atoms with Crippen LogP contribution in [0.5, 0.6) is 0 Å². The highest BCUT2D eigenvalue weighted by Crippen LogP contribution is 2.32. The fourth-order valence-electron chi connectivity index (χ4n) is 3.62. The van der Waals surface area contributed by atoms with Crippen LogP contribution in [0, 0.1) is 5.92 Å². The number of rotatable bonds is 5. The highest BCUT2D eigenvalue weighted by Gasteiger charge is 2.36. The van der Waals surface area contributed by atoms with E-state index >= 15 is 0 Å². The zero-order chi connectivity index (χ0) is 20.3. The van der Waals surface area contributed by atoms with E-state index in [1.165, 1.54) is 4.90 Å². The highest BCUT2D eigenvalue weighted by atomic mass is 35.5. The molecular formula is C18H21ClF3N3O3. The van der Waals surface area contributed by atoms with Gasteiger partial charge in [-0.15, -0.1) is 0 Å². The molecule has 10 heteroatoms. The Morgan fingerprint density at radius 3 is 2.46 bits per heavy atom. The van der Waals surface area contributed by atoms with Crippen molar-refractivity contribution in [3.63, 3.8) is 0 Å². The molecule has 2 atom stereocenters. The summed E-state index contributed by atoms with van der Waals surface area (Å²) in [6.07, 6.45) is -4.79. The Kier molecular flexibility index (Phi) is 6.34. The summed E-state index contributed by atoms with van der Waals surface area (Å²) in [5.74, 6) is -0.476. The Hall–Kier alpha value is -2.00. The molecule has 0 bridgehead atoms. The van der Waals surface area contributed by atoms with Gasteiger partial charge in [0.05, 0.1) is 19.1 Å². The maximum absolute atomic E-state index is 12.6. The zero-order valence-electron chi connectivity index (χ0n) is 15.0. The molecule has 0 aromatic heterocycles. The lowest BCUT2D eigenvalue weighted by molar-refractivity contribution is -0.149. The molecule has 0 aliphatic carbocycles. The predicted octanol–water partition coefficient (Wildman–Crippen LogP) is 2.88. The van der Waals surface area contributed by atoms with Crippen molar-refractivity contribution in [3.8, 4) is 0 Å². The summed E-state index contributed by atoms with van der Waals surface area (Å²) in [4.78, 5) is 25.1. The minimum Gasteiger partial charge on any atom is -0.434 e. The third-order valence-corrected chi connectivity index (χ3v) is 5.26. The molecule has 2 amide bonds. The number of cyclic esters (lactones) is 1. The van der Waals surface area contributed by atoms with E-state index in [0.717, 1.165) is 5.56 Å². The lowest BCUT2D eigenvalue weighted by Crippen LogP contribution is -2.46.